The second-order valence-corrected chi connectivity index (χ2v) is 19.2. The van der Waals surface area contributed by atoms with Crippen molar-refractivity contribution in [3.8, 4) is 0 Å². The lowest BCUT2D eigenvalue weighted by molar-refractivity contribution is -0.745. The molecular weight excluding hydrogens is 886 g/mol. The molecule has 0 aliphatic carbocycles. The van der Waals surface area contributed by atoms with E-state index in [1.165, 1.54) is 38.7 Å². The Morgan fingerprint density at radius 2 is 1.51 bits per heavy atom. The summed E-state index contributed by atoms with van der Waals surface area (Å²) in [6, 6.07) is 0. The summed E-state index contributed by atoms with van der Waals surface area (Å²) in [4.78, 5) is 82.4. The van der Waals surface area contributed by atoms with Gasteiger partial charge in [-0.3, -0.25) is 41.8 Å². The van der Waals surface area contributed by atoms with Gasteiger partial charge in [0.2, 0.25) is 11.7 Å². The maximum atomic E-state index is 12.8. The van der Waals surface area contributed by atoms with Gasteiger partial charge >= 0.3 is 36.9 Å². The van der Waals surface area contributed by atoms with E-state index in [4.69, 9.17) is 28.8 Å². The Balaban J connectivity index is 1.11. The van der Waals surface area contributed by atoms with Crippen LogP contribution >= 0.6 is 31.3 Å². The Labute approximate surface area is 328 Å². The number of phosphoric ester groups is 3. The molecule has 0 aromatic carbocycles. The predicted octanol–water partition coefficient (Wildman–Crippen LogP) is -2.27. The molecule has 0 radical (unpaired) electrons. The second kappa shape index (κ2) is 16.6. The third-order valence-electron chi connectivity index (χ3n) is 8.35. The SMILES string of the molecule is Cc1nc2c(ncn2[C@@H]2O[C@H](COP(=O)(O)OP(=O)(O)OP(=O)(O)OC[C@H]3O[C@@H]([n+]4cn(C)c5c(=O)[nH]c(N)nc54)C(O)C3O)C(OP(=O)(O)OC(C)C)[C@@H]2O)c(=O)[nH]1. The summed E-state index contributed by atoms with van der Waals surface area (Å²) in [5.74, 6) is -0.171. The molecule has 2 fully saturated rings. The molecule has 0 saturated carbocycles. The van der Waals surface area contributed by atoms with Gasteiger partial charge in [-0.2, -0.15) is 8.62 Å². The van der Waals surface area contributed by atoms with E-state index < -0.39 is 111 Å². The number of nitrogens with two attached hydrogens (primary N) is 1. The highest BCUT2D eigenvalue weighted by molar-refractivity contribution is 7.66. The summed E-state index contributed by atoms with van der Waals surface area (Å²) >= 11 is 0. The molecule has 2 aliphatic heterocycles. The van der Waals surface area contributed by atoms with Crippen LogP contribution in [0.25, 0.3) is 22.3 Å². The first-order chi connectivity index (χ1) is 27.3. The van der Waals surface area contributed by atoms with Crippen LogP contribution in [0, 0.1) is 6.92 Å². The molecule has 30 nitrogen and oxygen atoms in total. The standard InChI is InChI=1S/C25H37N9O21P4/c1-9(2)52-58(44,45)53-18-12(51-24(17(18)37)33-7-27-13-19(33)28-10(3)29-21(13)38)6-49-57(42,43)55-59(46,47)54-56(40,41)48-5-11-15(35)16(36)23(50-11)34-8-32(4)14-20(34)30-25(26)31-22(14)39/h7-9,11-12,15-18,23-24,35-37H,5-6H2,1-4H3,(H7-,26,28,29,30,31,38,39,40,41,42,43,44,45,46,47)/p+1/t11-,12-,15?,16?,17+,18?,23-,24-/m1/s1. The number of aliphatic hydroxyl groups excluding tert-OH is 3. The van der Waals surface area contributed by atoms with Crippen molar-refractivity contribution >= 4 is 59.6 Å². The zero-order chi connectivity index (χ0) is 43.6. The largest absolute Gasteiger partial charge is 0.490 e. The molecule has 0 spiro atoms. The van der Waals surface area contributed by atoms with Gasteiger partial charge in [0, 0.05) is 0 Å². The maximum absolute atomic E-state index is 12.8. The van der Waals surface area contributed by atoms with E-state index in [9.17, 15) is 62.7 Å². The van der Waals surface area contributed by atoms with Crippen molar-refractivity contribution in [3.63, 3.8) is 0 Å². The number of ether oxygens (including phenoxy) is 2. The number of phosphoric acid groups is 4. The van der Waals surface area contributed by atoms with Crippen molar-refractivity contribution in [1.82, 2.24) is 34.1 Å². The first kappa shape index (κ1) is 45.3. The van der Waals surface area contributed by atoms with Crippen molar-refractivity contribution in [2.24, 2.45) is 7.05 Å². The first-order valence-corrected chi connectivity index (χ1v) is 22.7. The fraction of sp³-hybridized carbons (Fsp3) is 0.600. The lowest BCUT2D eigenvalue weighted by Crippen LogP contribution is -2.46. The Hall–Kier alpha value is -3.18. The van der Waals surface area contributed by atoms with Crippen LogP contribution < -0.4 is 21.4 Å². The Bertz CT molecular complexity index is 2550. The van der Waals surface area contributed by atoms with Gasteiger partial charge in [-0.25, -0.2) is 32.8 Å². The van der Waals surface area contributed by atoms with E-state index in [0.717, 1.165) is 15.5 Å². The molecule has 34 heteroatoms. The number of nitrogen functional groups attached to an aromatic ring is 1. The van der Waals surface area contributed by atoms with E-state index in [-0.39, 0.29) is 34.1 Å². The highest BCUT2D eigenvalue weighted by atomic mass is 31.3. The number of imidazole rings is 2. The fourth-order valence-electron chi connectivity index (χ4n) is 6.09. The molecular formula is C25H38N9O21P4+. The van der Waals surface area contributed by atoms with E-state index in [2.05, 4.69) is 38.1 Å². The molecule has 59 heavy (non-hydrogen) atoms. The number of H-pyrrole nitrogens is 2. The van der Waals surface area contributed by atoms with Crippen molar-refractivity contribution in [3.05, 3.63) is 39.2 Å². The van der Waals surface area contributed by atoms with Crippen LogP contribution in [-0.2, 0) is 61.5 Å². The number of nitrogens with one attached hydrogen (secondary N) is 2. The van der Waals surface area contributed by atoms with Gasteiger partial charge in [0.15, 0.2) is 23.7 Å². The van der Waals surface area contributed by atoms with Gasteiger partial charge in [-0.15, -0.1) is 0 Å². The van der Waals surface area contributed by atoms with Gasteiger partial charge < -0.3 is 55.1 Å². The molecule has 4 aromatic heterocycles. The smallest absolute Gasteiger partial charge is 0.387 e. The van der Waals surface area contributed by atoms with Gasteiger partial charge in [0.1, 0.15) is 42.4 Å². The van der Waals surface area contributed by atoms with Crippen molar-refractivity contribution in [1.29, 1.82) is 0 Å². The molecule has 0 bridgehead atoms. The number of hydrogen-bond donors (Lipinski definition) is 10. The van der Waals surface area contributed by atoms with E-state index in [1.807, 2.05) is 0 Å². The minimum Gasteiger partial charge on any atom is -0.387 e. The van der Waals surface area contributed by atoms with Gasteiger partial charge in [-0.05, 0) is 20.8 Å². The van der Waals surface area contributed by atoms with Crippen molar-refractivity contribution in [2.45, 2.75) is 76.0 Å². The fourth-order valence-corrected chi connectivity index (χ4v) is 10.8. The van der Waals surface area contributed by atoms with E-state index in [1.54, 1.807) is 0 Å². The quantitative estimate of drug-likeness (QED) is 0.0418. The zero-order valence-corrected chi connectivity index (χ0v) is 34.2. The van der Waals surface area contributed by atoms with E-state index >= 15 is 0 Å². The van der Waals surface area contributed by atoms with Crippen LogP contribution in [-0.4, -0.2) is 125 Å². The summed E-state index contributed by atoms with van der Waals surface area (Å²) in [5.41, 5.74) is 3.89. The van der Waals surface area contributed by atoms with Gasteiger partial charge in [-0.1, -0.05) is 4.98 Å². The number of rotatable bonds is 16. The molecule has 2 aliphatic rings. The number of hydrogen-bond acceptors (Lipinski definition) is 21. The van der Waals surface area contributed by atoms with Gasteiger partial charge in [0.05, 0.1) is 32.7 Å². The molecule has 11 N–H and O–H groups in total. The van der Waals surface area contributed by atoms with Crippen molar-refractivity contribution < 1.29 is 93.9 Å². The summed E-state index contributed by atoms with van der Waals surface area (Å²) in [6.45, 7) is 1.84. The number of aromatic nitrogens is 8. The van der Waals surface area contributed by atoms with Crippen molar-refractivity contribution in [2.75, 3.05) is 18.9 Å². The molecule has 6 heterocycles. The Morgan fingerprint density at radius 1 is 0.881 bits per heavy atom. The number of aromatic amines is 2. The van der Waals surface area contributed by atoms with Crippen LogP contribution in [0.4, 0.5) is 5.95 Å². The lowest BCUT2D eigenvalue weighted by atomic mass is 10.1. The van der Waals surface area contributed by atoms with Crippen LogP contribution in [0.15, 0.2) is 22.2 Å². The first-order valence-electron chi connectivity index (χ1n) is 16.7. The minimum atomic E-state index is -6.11. The molecule has 328 valence electrons. The maximum Gasteiger partial charge on any atom is 0.490 e. The molecule has 0 amide bonds. The Kier molecular flexibility index (Phi) is 12.8. The third-order valence-corrected chi connectivity index (χ3v) is 13.8. The van der Waals surface area contributed by atoms with E-state index in [0.29, 0.717) is 0 Å². The summed E-state index contributed by atoms with van der Waals surface area (Å²) in [6.07, 6.45) is -12.6. The molecule has 4 aromatic rings. The lowest BCUT2D eigenvalue weighted by Gasteiger charge is -2.24. The van der Waals surface area contributed by atoms with Crippen LogP contribution in [0.2, 0.25) is 0 Å². The number of fused-ring (bicyclic) bond motifs is 2. The predicted molar refractivity (Wildman–Crippen MR) is 189 cm³/mol. The number of nitrogens with zero attached hydrogens (tertiary/aromatic N) is 6. The zero-order valence-electron chi connectivity index (χ0n) is 30.7. The summed E-state index contributed by atoms with van der Waals surface area (Å²) in [7, 11) is -21.3. The molecule has 7 unspecified atom stereocenters. The molecule has 12 atom stereocenters. The summed E-state index contributed by atoms with van der Waals surface area (Å²) < 4.78 is 93.1. The highest BCUT2D eigenvalue weighted by Crippen LogP contribution is 2.68. The van der Waals surface area contributed by atoms with Crippen LogP contribution in [0.3, 0.4) is 0 Å². The third kappa shape index (κ3) is 9.98. The number of anilines is 1. The number of aryl methyl sites for hydroxylation is 2. The minimum absolute atomic E-state index is 0.00566. The normalized spacial score (nSPS) is 29.2. The summed E-state index contributed by atoms with van der Waals surface area (Å²) in [5, 5.41) is 32.4. The average molecular weight is 925 g/mol. The average Bonchev–Trinajstić information content (AvgIpc) is 3.80. The number of aliphatic hydroxyl groups is 3. The molecule has 6 rings (SSSR count). The highest BCUT2D eigenvalue weighted by Gasteiger charge is 2.52. The topological polar surface area (TPSA) is 428 Å². The molecule has 2 saturated heterocycles. The second-order valence-electron chi connectivity index (χ2n) is 13.2. The monoisotopic (exact) mass is 924 g/mol. The Morgan fingerprint density at radius 3 is 2.14 bits per heavy atom. The van der Waals surface area contributed by atoms with Crippen LogP contribution in [0.5, 0.6) is 0 Å². The van der Waals surface area contributed by atoms with Crippen LogP contribution in [0.1, 0.15) is 32.1 Å². The van der Waals surface area contributed by atoms with Gasteiger partial charge in [0.25, 0.3) is 17.1 Å².